The Kier molecular flexibility index (Phi) is 5.19. The maximum absolute atomic E-state index is 11.4. The topological polar surface area (TPSA) is 86.7 Å². The Labute approximate surface area is 164 Å². The highest BCUT2D eigenvalue weighted by Crippen LogP contribution is 2.68. The van der Waals surface area contributed by atoms with E-state index in [0.717, 1.165) is 51.4 Å². The van der Waals surface area contributed by atoms with Crippen molar-refractivity contribution in [3.8, 4) is 0 Å². The van der Waals surface area contributed by atoms with Crippen LogP contribution in [-0.4, -0.2) is 40.2 Å². The van der Waals surface area contributed by atoms with Crippen molar-refractivity contribution in [2.45, 2.75) is 90.4 Å². The van der Waals surface area contributed by atoms with Crippen molar-refractivity contribution in [3.63, 3.8) is 0 Å². The molecule has 27 heavy (non-hydrogen) atoms. The van der Waals surface area contributed by atoms with Crippen molar-refractivity contribution in [2.24, 2.45) is 52.1 Å². The molecule has 0 aliphatic heterocycles. The van der Waals surface area contributed by atoms with Gasteiger partial charge in [-0.05, 0) is 104 Å². The van der Waals surface area contributed by atoms with Gasteiger partial charge in [0.05, 0.1) is 18.3 Å². The minimum atomic E-state index is -0.286. The molecule has 11 atom stereocenters. The second kappa shape index (κ2) is 6.97. The normalized spacial score (nSPS) is 56.1. The first-order valence-corrected chi connectivity index (χ1v) is 11.5. The summed E-state index contributed by atoms with van der Waals surface area (Å²) in [4.78, 5) is 0. The van der Waals surface area contributed by atoms with Gasteiger partial charge in [-0.15, -0.1) is 0 Å². The van der Waals surface area contributed by atoms with Gasteiger partial charge in [-0.2, -0.15) is 0 Å². The Bertz CT molecular complexity index is 556. The van der Waals surface area contributed by atoms with Crippen LogP contribution in [0, 0.1) is 46.3 Å². The molecule has 0 bridgehead atoms. The predicted octanol–water partition coefficient (Wildman–Crippen LogP) is 2.93. The molecular weight excluding hydrogens is 338 g/mol. The van der Waals surface area contributed by atoms with Crippen LogP contribution in [0.2, 0.25) is 0 Å². The summed E-state index contributed by atoms with van der Waals surface area (Å²) in [7, 11) is 0. The van der Waals surface area contributed by atoms with Gasteiger partial charge in [0.2, 0.25) is 0 Å². The van der Waals surface area contributed by atoms with E-state index in [1.165, 1.54) is 0 Å². The van der Waals surface area contributed by atoms with Crippen LogP contribution in [0.3, 0.4) is 0 Å². The summed E-state index contributed by atoms with van der Waals surface area (Å²) in [5.41, 5.74) is 5.92. The summed E-state index contributed by atoms with van der Waals surface area (Å²) in [6.07, 6.45) is 6.94. The average Bonchev–Trinajstić information content (AvgIpc) is 2.96. The third kappa shape index (κ3) is 2.85. The summed E-state index contributed by atoms with van der Waals surface area (Å²) in [6, 6.07) is 0. The molecule has 0 spiro atoms. The van der Waals surface area contributed by atoms with Crippen LogP contribution >= 0.6 is 0 Å². The predicted molar refractivity (Wildman–Crippen MR) is 107 cm³/mol. The number of rotatable bonds is 3. The molecule has 4 aliphatic carbocycles. The summed E-state index contributed by atoms with van der Waals surface area (Å²) in [5, 5.41) is 32.9. The van der Waals surface area contributed by atoms with E-state index in [1.807, 2.05) is 0 Å². The minimum Gasteiger partial charge on any atom is -0.393 e. The molecule has 4 fully saturated rings. The van der Waals surface area contributed by atoms with E-state index >= 15 is 0 Å². The standard InChI is InChI=1S/C23H41NO3/c1-13(7-9-24)16-4-5-17-21-18(12-20(27)23(16,17)3)22(2)8-6-15(25)10-14(22)11-19(21)26/h13-21,25-27H,4-12,24H2,1-3H3/t13-,14+,15-,16?,17?,18?,19+,20+,21?,22+,23-/m1/s1. The minimum absolute atomic E-state index is 0.0892. The zero-order valence-electron chi connectivity index (χ0n) is 17.5. The van der Waals surface area contributed by atoms with Gasteiger partial charge in [0, 0.05) is 0 Å². The van der Waals surface area contributed by atoms with E-state index in [4.69, 9.17) is 5.73 Å². The Morgan fingerprint density at radius 3 is 2.44 bits per heavy atom. The van der Waals surface area contributed by atoms with Gasteiger partial charge in [0.1, 0.15) is 0 Å². The van der Waals surface area contributed by atoms with Gasteiger partial charge in [-0.1, -0.05) is 20.8 Å². The molecule has 5 N–H and O–H groups in total. The number of aliphatic hydroxyl groups excluding tert-OH is 3. The number of hydrogen-bond donors (Lipinski definition) is 4. The lowest BCUT2D eigenvalue weighted by Gasteiger charge is -2.63. The molecule has 4 rings (SSSR count). The largest absolute Gasteiger partial charge is 0.393 e. The van der Waals surface area contributed by atoms with E-state index in [1.54, 1.807) is 0 Å². The molecule has 0 aromatic carbocycles. The monoisotopic (exact) mass is 379 g/mol. The van der Waals surface area contributed by atoms with Crippen molar-refractivity contribution in [3.05, 3.63) is 0 Å². The third-order valence-corrected chi connectivity index (χ3v) is 10.1. The highest BCUT2D eigenvalue weighted by atomic mass is 16.3. The lowest BCUT2D eigenvalue weighted by atomic mass is 9.43. The van der Waals surface area contributed by atoms with E-state index in [-0.39, 0.29) is 29.1 Å². The van der Waals surface area contributed by atoms with E-state index in [2.05, 4.69) is 20.8 Å². The fourth-order valence-electron chi connectivity index (χ4n) is 8.60. The summed E-state index contributed by atoms with van der Waals surface area (Å²) in [5.74, 6) is 2.54. The van der Waals surface area contributed by atoms with Gasteiger partial charge >= 0.3 is 0 Å². The second-order valence-electron chi connectivity index (χ2n) is 11.1. The van der Waals surface area contributed by atoms with E-state index in [9.17, 15) is 15.3 Å². The van der Waals surface area contributed by atoms with Crippen molar-refractivity contribution >= 4 is 0 Å². The van der Waals surface area contributed by atoms with Crippen LogP contribution < -0.4 is 5.73 Å². The average molecular weight is 380 g/mol. The van der Waals surface area contributed by atoms with Crippen molar-refractivity contribution < 1.29 is 15.3 Å². The van der Waals surface area contributed by atoms with Crippen LogP contribution in [0.15, 0.2) is 0 Å². The number of fused-ring (bicyclic) bond motifs is 5. The fraction of sp³-hybridized carbons (Fsp3) is 1.00. The number of hydrogen-bond acceptors (Lipinski definition) is 4. The third-order valence-electron chi connectivity index (χ3n) is 10.1. The smallest absolute Gasteiger partial charge is 0.0602 e. The zero-order chi connectivity index (χ0) is 19.6. The molecule has 0 aromatic heterocycles. The van der Waals surface area contributed by atoms with Crippen LogP contribution in [0.25, 0.3) is 0 Å². The molecule has 0 saturated heterocycles. The van der Waals surface area contributed by atoms with Gasteiger partial charge in [-0.3, -0.25) is 0 Å². The lowest BCUT2D eigenvalue weighted by molar-refractivity contribution is -0.206. The number of nitrogens with two attached hydrogens (primary N) is 1. The van der Waals surface area contributed by atoms with Crippen molar-refractivity contribution in [1.82, 2.24) is 0 Å². The maximum Gasteiger partial charge on any atom is 0.0602 e. The van der Waals surface area contributed by atoms with E-state index < -0.39 is 0 Å². The van der Waals surface area contributed by atoms with Gasteiger partial charge in [0.15, 0.2) is 0 Å². The molecule has 4 unspecified atom stereocenters. The first kappa shape index (κ1) is 20.1. The van der Waals surface area contributed by atoms with Crippen LogP contribution in [0.1, 0.15) is 72.1 Å². The fourth-order valence-corrected chi connectivity index (χ4v) is 8.60. The van der Waals surface area contributed by atoms with Crippen LogP contribution in [0.4, 0.5) is 0 Å². The molecule has 0 heterocycles. The molecule has 4 nitrogen and oxygen atoms in total. The zero-order valence-corrected chi connectivity index (χ0v) is 17.5. The van der Waals surface area contributed by atoms with Gasteiger partial charge in [0.25, 0.3) is 0 Å². The molecule has 0 amide bonds. The van der Waals surface area contributed by atoms with Crippen LogP contribution in [0.5, 0.6) is 0 Å². The Morgan fingerprint density at radius 2 is 1.74 bits per heavy atom. The SMILES string of the molecule is C[C@H](CCN)C1CCC2C3C(C[C@H](O)[C@@]21C)[C@@]1(C)CC[C@@H](O)C[C@H]1C[C@@H]3O. The summed E-state index contributed by atoms with van der Waals surface area (Å²) >= 11 is 0. The maximum atomic E-state index is 11.4. The Balaban J connectivity index is 1.66. The lowest BCUT2D eigenvalue weighted by Crippen LogP contribution is -2.62. The molecule has 4 heteroatoms. The molecule has 156 valence electrons. The molecular formula is C23H41NO3. The molecule has 4 aliphatic rings. The summed E-state index contributed by atoms with van der Waals surface area (Å²) in [6.45, 7) is 7.73. The van der Waals surface area contributed by atoms with Crippen molar-refractivity contribution in [1.29, 1.82) is 0 Å². The number of aliphatic hydroxyl groups is 3. The first-order chi connectivity index (χ1) is 12.7. The van der Waals surface area contributed by atoms with Gasteiger partial charge in [-0.25, -0.2) is 0 Å². The Morgan fingerprint density at radius 1 is 1.00 bits per heavy atom. The van der Waals surface area contributed by atoms with Crippen molar-refractivity contribution in [2.75, 3.05) is 6.54 Å². The molecule has 0 radical (unpaired) electrons. The summed E-state index contributed by atoms with van der Waals surface area (Å²) < 4.78 is 0. The van der Waals surface area contributed by atoms with Gasteiger partial charge < -0.3 is 21.1 Å². The second-order valence-corrected chi connectivity index (χ2v) is 11.1. The first-order valence-electron chi connectivity index (χ1n) is 11.5. The highest BCUT2D eigenvalue weighted by molar-refractivity contribution is 5.14. The van der Waals surface area contributed by atoms with Crippen LogP contribution in [-0.2, 0) is 0 Å². The van der Waals surface area contributed by atoms with E-state index in [0.29, 0.717) is 42.1 Å². The molecule has 4 saturated carbocycles. The quantitative estimate of drug-likeness (QED) is 0.607. The molecule has 0 aromatic rings. The highest BCUT2D eigenvalue weighted by Gasteiger charge is 2.65. The Hall–Kier alpha value is -0.160.